The summed E-state index contributed by atoms with van der Waals surface area (Å²) >= 11 is 1.43. The monoisotopic (exact) mass is 235 g/mol. The molecule has 16 heavy (non-hydrogen) atoms. The van der Waals surface area contributed by atoms with Crippen LogP contribution in [0.2, 0.25) is 0 Å². The van der Waals surface area contributed by atoms with Gasteiger partial charge in [-0.3, -0.25) is 9.36 Å². The van der Waals surface area contributed by atoms with Crippen LogP contribution in [0.25, 0.3) is 10.2 Å². The van der Waals surface area contributed by atoms with Gasteiger partial charge in [-0.2, -0.15) is 0 Å². The van der Waals surface area contributed by atoms with Crippen molar-refractivity contribution in [1.82, 2.24) is 9.55 Å². The maximum absolute atomic E-state index is 12.0. The van der Waals surface area contributed by atoms with Crippen molar-refractivity contribution in [2.24, 2.45) is 5.73 Å². The summed E-state index contributed by atoms with van der Waals surface area (Å²) < 4.78 is 2.25. The Labute approximate surface area is 97.0 Å². The van der Waals surface area contributed by atoms with E-state index in [1.165, 1.54) is 11.3 Å². The topological polar surface area (TPSA) is 60.9 Å². The molecule has 2 rings (SSSR count). The van der Waals surface area contributed by atoms with Crippen molar-refractivity contribution in [3.8, 4) is 0 Å². The van der Waals surface area contributed by atoms with Crippen LogP contribution in [-0.4, -0.2) is 16.1 Å². The van der Waals surface area contributed by atoms with E-state index in [4.69, 9.17) is 5.73 Å². The number of hydrogen-bond acceptors (Lipinski definition) is 4. The lowest BCUT2D eigenvalue weighted by Crippen LogP contribution is -2.22. The van der Waals surface area contributed by atoms with Crippen LogP contribution < -0.4 is 11.3 Å². The van der Waals surface area contributed by atoms with E-state index in [1.54, 1.807) is 10.9 Å². The SMILES string of the molecule is C=C(CN)Cn1cnc2c(C)csc2c1=O. The zero-order chi connectivity index (χ0) is 11.7. The van der Waals surface area contributed by atoms with Gasteiger partial charge in [-0.1, -0.05) is 6.58 Å². The minimum atomic E-state index is -0.0160. The maximum atomic E-state index is 12.0. The second-order valence-corrected chi connectivity index (χ2v) is 4.61. The fourth-order valence-electron chi connectivity index (χ4n) is 1.48. The third kappa shape index (κ3) is 1.79. The number of nitrogens with zero attached hydrogens (tertiary/aromatic N) is 2. The van der Waals surface area contributed by atoms with E-state index in [1.807, 2.05) is 12.3 Å². The van der Waals surface area contributed by atoms with Crippen LogP contribution in [0, 0.1) is 6.92 Å². The van der Waals surface area contributed by atoms with Crippen molar-refractivity contribution >= 4 is 21.6 Å². The van der Waals surface area contributed by atoms with Gasteiger partial charge in [0.1, 0.15) is 4.70 Å². The summed E-state index contributed by atoms with van der Waals surface area (Å²) in [4.78, 5) is 16.3. The molecule has 0 aliphatic heterocycles. The third-order valence-electron chi connectivity index (χ3n) is 2.41. The molecule has 0 fully saturated rings. The molecular formula is C11H13N3OS. The van der Waals surface area contributed by atoms with Gasteiger partial charge < -0.3 is 5.73 Å². The van der Waals surface area contributed by atoms with Crippen LogP contribution in [0.1, 0.15) is 5.56 Å². The van der Waals surface area contributed by atoms with Gasteiger partial charge in [-0.25, -0.2) is 4.98 Å². The fraction of sp³-hybridized carbons (Fsp3) is 0.273. The maximum Gasteiger partial charge on any atom is 0.271 e. The number of aryl methyl sites for hydroxylation is 1. The first kappa shape index (κ1) is 11.0. The highest BCUT2D eigenvalue weighted by molar-refractivity contribution is 7.17. The lowest BCUT2D eigenvalue weighted by molar-refractivity contribution is 0.727. The molecule has 2 N–H and O–H groups in total. The van der Waals surface area contributed by atoms with E-state index < -0.39 is 0 Å². The Hall–Kier alpha value is -1.46. The van der Waals surface area contributed by atoms with Crippen LogP contribution in [0.3, 0.4) is 0 Å². The van der Waals surface area contributed by atoms with Crippen LogP contribution in [0.15, 0.2) is 28.7 Å². The van der Waals surface area contributed by atoms with Crippen LogP contribution >= 0.6 is 11.3 Å². The number of nitrogens with two attached hydrogens (primary N) is 1. The molecule has 2 heterocycles. The Kier molecular flexibility index (Phi) is 2.89. The van der Waals surface area contributed by atoms with Crippen molar-refractivity contribution < 1.29 is 0 Å². The molecule has 0 aromatic carbocycles. The van der Waals surface area contributed by atoms with Crippen LogP contribution in [0.5, 0.6) is 0 Å². The van der Waals surface area contributed by atoms with E-state index in [2.05, 4.69) is 11.6 Å². The molecule has 0 saturated heterocycles. The van der Waals surface area contributed by atoms with Gasteiger partial charge in [0, 0.05) is 13.1 Å². The summed E-state index contributed by atoms with van der Waals surface area (Å²) in [5.41, 5.74) is 8.09. The molecule has 84 valence electrons. The summed E-state index contributed by atoms with van der Waals surface area (Å²) in [5.74, 6) is 0. The van der Waals surface area contributed by atoms with Crippen LogP contribution in [-0.2, 0) is 6.54 Å². The van der Waals surface area contributed by atoms with E-state index in [-0.39, 0.29) is 5.56 Å². The number of rotatable bonds is 3. The molecule has 0 atom stereocenters. The Morgan fingerprint density at radius 1 is 1.69 bits per heavy atom. The standard InChI is InChI=1S/C11H13N3OS/c1-7(3-12)4-14-6-13-9-8(2)5-16-10(9)11(14)15/h5-6H,1,3-4,12H2,2H3. The second-order valence-electron chi connectivity index (χ2n) is 3.73. The predicted molar refractivity (Wildman–Crippen MR) is 66.8 cm³/mol. The average molecular weight is 235 g/mol. The first-order valence-corrected chi connectivity index (χ1v) is 5.81. The molecule has 0 aliphatic carbocycles. The van der Waals surface area contributed by atoms with Gasteiger partial charge in [0.05, 0.1) is 11.8 Å². The van der Waals surface area contributed by atoms with Crippen molar-refractivity contribution in [2.75, 3.05) is 6.54 Å². The average Bonchev–Trinajstić information content (AvgIpc) is 2.65. The molecule has 2 aromatic rings. The molecule has 0 unspecified atom stereocenters. The first-order chi connectivity index (χ1) is 7.63. The Balaban J connectivity index is 2.53. The van der Waals surface area contributed by atoms with E-state index in [9.17, 15) is 4.79 Å². The molecule has 5 heteroatoms. The molecule has 0 saturated carbocycles. The lowest BCUT2D eigenvalue weighted by Gasteiger charge is -2.05. The van der Waals surface area contributed by atoms with Gasteiger partial charge in [-0.05, 0) is 23.4 Å². The summed E-state index contributed by atoms with van der Waals surface area (Å²) in [6.45, 7) is 6.56. The van der Waals surface area contributed by atoms with Gasteiger partial charge in [0.15, 0.2) is 0 Å². The number of aromatic nitrogens is 2. The van der Waals surface area contributed by atoms with Crippen molar-refractivity contribution in [3.05, 3.63) is 39.8 Å². The molecule has 4 nitrogen and oxygen atoms in total. The quantitative estimate of drug-likeness (QED) is 0.815. The van der Waals surface area contributed by atoms with Gasteiger partial charge in [0.25, 0.3) is 5.56 Å². The molecular weight excluding hydrogens is 222 g/mol. The minimum absolute atomic E-state index is 0.0160. The zero-order valence-corrected chi connectivity index (χ0v) is 9.88. The minimum Gasteiger partial charge on any atom is -0.327 e. The number of fused-ring (bicyclic) bond motifs is 1. The van der Waals surface area contributed by atoms with E-state index in [0.29, 0.717) is 17.8 Å². The first-order valence-electron chi connectivity index (χ1n) is 4.93. The molecule has 2 aromatic heterocycles. The fourth-order valence-corrected chi connectivity index (χ4v) is 2.43. The normalized spacial score (nSPS) is 10.9. The Bertz CT molecular complexity index is 597. The molecule has 0 amide bonds. The van der Waals surface area contributed by atoms with Gasteiger partial charge >= 0.3 is 0 Å². The van der Waals surface area contributed by atoms with Crippen molar-refractivity contribution in [1.29, 1.82) is 0 Å². The Morgan fingerprint density at radius 2 is 2.44 bits per heavy atom. The summed E-state index contributed by atoms with van der Waals surface area (Å²) in [6, 6.07) is 0. The van der Waals surface area contributed by atoms with Gasteiger partial charge in [0.2, 0.25) is 0 Å². The van der Waals surface area contributed by atoms with E-state index >= 15 is 0 Å². The smallest absolute Gasteiger partial charge is 0.271 e. The molecule has 0 bridgehead atoms. The largest absolute Gasteiger partial charge is 0.327 e. The van der Waals surface area contributed by atoms with Gasteiger partial charge in [-0.15, -0.1) is 11.3 Å². The highest BCUT2D eigenvalue weighted by Crippen LogP contribution is 2.19. The summed E-state index contributed by atoms with van der Waals surface area (Å²) in [5, 5.41) is 1.95. The molecule has 0 radical (unpaired) electrons. The van der Waals surface area contributed by atoms with Crippen molar-refractivity contribution in [2.45, 2.75) is 13.5 Å². The van der Waals surface area contributed by atoms with Crippen molar-refractivity contribution in [3.63, 3.8) is 0 Å². The van der Waals surface area contributed by atoms with E-state index in [0.717, 1.165) is 16.7 Å². The highest BCUT2D eigenvalue weighted by atomic mass is 32.1. The lowest BCUT2D eigenvalue weighted by atomic mass is 10.3. The summed E-state index contributed by atoms with van der Waals surface area (Å²) in [7, 11) is 0. The zero-order valence-electron chi connectivity index (χ0n) is 9.06. The predicted octanol–water partition coefficient (Wildman–Crippen LogP) is 1.28. The second kappa shape index (κ2) is 4.19. The summed E-state index contributed by atoms with van der Waals surface area (Å²) in [6.07, 6.45) is 1.56. The highest BCUT2D eigenvalue weighted by Gasteiger charge is 2.08. The van der Waals surface area contributed by atoms with Crippen LogP contribution in [0.4, 0.5) is 0 Å². The number of thiophene rings is 1. The Morgan fingerprint density at radius 3 is 3.12 bits per heavy atom. The third-order valence-corrected chi connectivity index (χ3v) is 3.48. The molecule has 0 spiro atoms. The molecule has 0 aliphatic rings. The number of hydrogen-bond donors (Lipinski definition) is 1.